The molecule has 5 aromatic rings. The molecule has 0 atom stereocenters. The van der Waals surface area contributed by atoms with E-state index >= 15 is 0 Å². The number of hydrogen-bond acceptors (Lipinski definition) is 8. The van der Waals surface area contributed by atoms with Crippen molar-refractivity contribution in [2.45, 2.75) is 23.4 Å². The van der Waals surface area contributed by atoms with E-state index in [4.69, 9.17) is 0 Å². The zero-order valence-electron chi connectivity index (χ0n) is 19.4. The Hall–Kier alpha value is -3.81. The molecule has 1 aliphatic heterocycles. The highest BCUT2D eigenvalue weighted by Gasteiger charge is 2.37. The summed E-state index contributed by atoms with van der Waals surface area (Å²) in [6.07, 6.45) is -0.893. The first-order chi connectivity index (χ1) is 18.2. The Labute approximate surface area is 218 Å². The lowest BCUT2D eigenvalue weighted by Gasteiger charge is -2.28. The lowest BCUT2D eigenvalue weighted by Crippen LogP contribution is -2.36. The normalized spacial score (nSPS) is 14.5. The van der Waals surface area contributed by atoms with Gasteiger partial charge in [0.25, 0.3) is 10.0 Å². The van der Waals surface area contributed by atoms with Crippen LogP contribution in [0.5, 0.6) is 0 Å². The number of rotatable bonds is 5. The van der Waals surface area contributed by atoms with Gasteiger partial charge in [-0.2, -0.15) is 17.5 Å². The maximum absolute atomic E-state index is 13.4. The fourth-order valence-electron chi connectivity index (χ4n) is 4.30. The average Bonchev–Trinajstić information content (AvgIpc) is 3.59. The summed E-state index contributed by atoms with van der Waals surface area (Å²) in [7, 11) is -3.89. The van der Waals surface area contributed by atoms with Crippen LogP contribution in [0.25, 0.3) is 21.5 Å². The first-order valence-electron chi connectivity index (χ1n) is 11.4. The Morgan fingerprint density at radius 3 is 2.71 bits per heavy atom. The van der Waals surface area contributed by atoms with E-state index in [2.05, 4.69) is 25.0 Å². The second-order valence-corrected chi connectivity index (χ2v) is 11.9. The monoisotopic (exact) mass is 557 g/mol. The summed E-state index contributed by atoms with van der Waals surface area (Å²) in [5, 5.41) is 7.73. The maximum Gasteiger partial charge on any atom is 0.452 e. The van der Waals surface area contributed by atoms with Crippen molar-refractivity contribution >= 4 is 43.8 Å². The Bertz CT molecular complexity index is 1770. The zero-order chi connectivity index (χ0) is 26.5. The van der Waals surface area contributed by atoms with Crippen molar-refractivity contribution < 1.29 is 26.1 Å². The van der Waals surface area contributed by atoms with Crippen LogP contribution < -0.4 is 5.32 Å². The number of alkyl halides is 3. The number of benzene rings is 1. The molecule has 1 aromatic carbocycles. The third-order valence-electron chi connectivity index (χ3n) is 6.18. The Morgan fingerprint density at radius 2 is 1.89 bits per heavy atom. The molecule has 1 N–H and O–H groups in total. The molecule has 0 fully saturated rings. The van der Waals surface area contributed by atoms with Gasteiger partial charge in [-0.3, -0.25) is 4.98 Å². The van der Waals surface area contributed by atoms with Crippen LogP contribution in [0.4, 0.5) is 24.7 Å². The van der Waals surface area contributed by atoms with Gasteiger partial charge in [-0.1, -0.05) is 23.4 Å². The summed E-state index contributed by atoms with van der Waals surface area (Å²) in [6, 6.07) is 15.1. The Kier molecular flexibility index (Phi) is 5.93. The number of sulfonamides is 1. The van der Waals surface area contributed by atoms with Crippen LogP contribution in [0.15, 0.2) is 75.7 Å². The molecule has 0 radical (unpaired) electrons. The fourth-order valence-corrected chi connectivity index (χ4v) is 7.13. The molecule has 194 valence electrons. The summed E-state index contributed by atoms with van der Waals surface area (Å²) >= 11 is 0.847. The second-order valence-electron chi connectivity index (χ2n) is 8.62. The van der Waals surface area contributed by atoms with Crippen LogP contribution in [0, 0.1) is 0 Å². The number of aromatic nitrogens is 3. The molecule has 0 amide bonds. The number of para-hydroxylation sites is 1. The number of thiophene rings is 1. The van der Waals surface area contributed by atoms with Crippen molar-refractivity contribution in [3.63, 3.8) is 0 Å². The van der Waals surface area contributed by atoms with Gasteiger partial charge >= 0.3 is 6.18 Å². The van der Waals surface area contributed by atoms with E-state index in [1.54, 1.807) is 18.5 Å². The minimum atomic E-state index is -4.67. The van der Waals surface area contributed by atoms with Crippen molar-refractivity contribution in [3.8, 4) is 10.6 Å². The zero-order valence-corrected chi connectivity index (χ0v) is 21.1. The van der Waals surface area contributed by atoms with Crippen LogP contribution in [0.1, 0.15) is 16.9 Å². The Balaban J connectivity index is 1.22. The molecule has 0 bridgehead atoms. The van der Waals surface area contributed by atoms with Crippen LogP contribution in [-0.4, -0.2) is 34.4 Å². The van der Waals surface area contributed by atoms with Crippen LogP contribution >= 0.6 is 11.3 Å². The predicted octanol–water partition coefficient (Wildman–Crippen LogP) is 5.86. The molecule has 4 aromatic heterocycles. The number of nitrogens with zero attached hydrogens (tertiary/aromatic N) is 4. The largest absolute Gasteiger partial charge is 0.452 e. The summed E-state index contributed by atoms with van der Waals surface area (Å²) in [5.74, 6) is -0.600. The molecule has 6 rings (SSSR count). The van der Waals surface area contributed by atoms with Gasteiger partial charge in [0.1, 0.15) is 15.7 Å². The van der Waals surface area contributed by atoms with Gasteiger partial charge in [-0.25, -0.2) is 13.4 Å². The molecule has 13 heteroatoms. The number of nitrogens with one attached hydrogen (secondary N) is 1. The van der Waals surface area contributed by atoms with Gasteiger partial charge < -0.3 is 9.84 Å². The first-order valence-corrected chi connectivity index (χ1v) is 13.7. The quantitative estimate of drug-likeness (QED) is 0.289. The standard InChI is InChI=1S/C25H18F3N5O3S2/c26-25(27,28)22-12-20(32-36-22)21-5-6-23(37-21)38(34,35)33-10-8-18-16(14-33)7-9-29-24(18)31-17-11-15-3-1-2-4-19(15)30-13-17/h1-7,9,11-13H,8,10,14H2,(H,29,31). The molecule has 0 aliphatic carbocycles. The van der Waals surface area contributed by atoms with E-state index in [1.807, 2.05) is 30.3 Å². The molecule has 0 unspecified atom stereocenters. The SMILES string of the molecule is O=S(=O)(c1ccc(-c2cc(C(F)(F)F)on2)s1)N1CCc2c(ccnc2Nc2cnc3ccccc3c2)C1. The number of hydrogen-bond donors (Lipinski definition) is 1. The topological polar surface area (TPSA) is 101 Å². The number of fused-ring (bicyclic) bond motifs is 2. The molecule has 5 heterocycles. The van der Waals surface area contributed by atoms with Crippen molar-refractivity contribution in [2.24, 2.45) is 0 Å². The molecular formula is C25H18F3N5O3S2. The van der Waals surface area contributed by atoms with Crippen LogP contribution in [-0.2, 0) is 29.2 Å². The minimum absolute atomic E-state index is 0.0159. The molecule has 0 spiro atoms. The number of halogens is 3. The average molecular weight is 558 g/mol. The van der Waals surface area contributed by atoms with Gasteiger partial charge in [0.2, 0.25) is 5.76 Å². The number of pyridine rings is 2. The fraction of sp³-hybridized carbons (Fsp3) is 0.160. The van der Waals surface area contributed by atoms with Crippen molar-refractivity contribution in [1.82, 2.24) is 19.4 Å². The maximum atomic E-state index is 13.4. The number of anilines is 2. The third-order valence-corrected chi connectivity index (χ3v) is 9.60. The third kappa shape index (κ3) is 4.52. The lowest BCUT2D eigenvalue weighted by molar-refractivity contribution is -0.155. The smallest absolute Gasteiger partial charge is 0.351 e. The van der Waals surface area contributed by atoms with Gasteiger partial charge in [0, 0.05) is 36.3 Å². The van der Waals surface area contributed by atoms with E-state index in [0.29, 0.717) is 12.2 Å². The molecular weight excluding hydrogens is 539 g/mol. The highest BCUT2D eigenvalue weighted by Crippen LogP contribution is 2.37. The summed E-state index contributed by atoms with van der Waals surface area (Å²) < 4.78 is 71.0. The highest BCUT2D eigenvalue weighted by atomic mass is 32.2. The summed E-state index contributed by atoms with van der Waals surface area (Å²) in [5.41, 5.74) is 3.31. The molecule has 8 nitrogen and oxygen atoms in total. The van der Waals surface area contributed by atoms with E-state index < -0.39 is 22.0 Å². The van der Waals surface area contributed by atoms with Gasteiger partial charge in [0.15, 0.2) is 0 Å². The first kappa shape index (κ1) is 24.5. The van der Waals surface area contributed by atoms with Gasteiger partial charge in [-0.15, -0.1) is 11.3 Å². The lowest BCUT2D eigenvalue weighted by atomic mass is 10.0. The van der Waals surface area contributed by atoms with Gasteiger partial charge in [0.05, 0.1) is 22.3 Å². The predicted molar refractivity (Wildman–Crippen MR) is 135 cm³/mol. The highest BCUT2D eigenvalue weighted by molar-refractivity contribution is 7.91. The van der Waals surface area contributed by atoms with Crippen LogP contribution in [0.3, 0.4) is 0 Å². The van der Waals surface area contributed by atoms with Crippen molar-refractivity contribution in [3.05, 3.63) is 83.9 Å². The second kappa shape index (κ2) is 9.19. The van der Waals surface area contributed by atoms with E-state index in [1.165, 1.54) is 16.4 Å². The van der Waals surface area contributed by atoms with Crippen molar-refractivity contribution in [1.29, 1.82) is 0 Å². The van der Waals surface area contributed by atoms with E-state index in [0.717, 1.165) is 45.1 Å². The summed E-state index contributed by atoms with van der Waals surface area (Å²) in [4.78, 5) is 9.19. The summed E-state index contributed by atoms with van der Waals surface area (Å²) in [6.45, 7) is 0.362. The molecule has 0 saturated carbocycles. The minimum Gasteiger partial charge on any atom is -0.351 e. The van der Waals surface area contributed by atoms with Crippen LogP contribution in [0.2, 0.25) is 0 Å². The van der Waals surface area contributed by atoms with E-state index in [-0.39, 0.29) is 27.9 Å². The molecule has 38 heavy (non-hydrogen) atoms. The molecule has 1 aliphatic rings. The Morgan fingerprint density at radius 1 is 1.05 bits per heavy atom. The van der Waals surface area contributed by atoms with Crippen molar-refractivity contribution in [2.75, 3.05) is 11.9 Å². The molecule has 0 saturated heterocycles. The van der Waals surface area contributed by atoms with E-state index in [9.17, 15) is 21.6 Å². The van der Waals surface area contributed by atoms with Gasteiger partial charge in [-0.05, 0) is 42.3 Å².